The van der Waals surface area contributed by atoms with Gasteiger partial charge in [-0.25, -0.2) is 4.98 Å². The summed E-state index contributed by atoms with van der Waals surface area (Å²) in [6, 6.07) is 3.85. The maximum absolute atomic E-state index is 12.4. The molecule has 2 aromatic heterocycles. The number of pyridine rings is 1. The largest absolute Gasteiger partial charge is 0.396 e. The molecule has 1 unspecified atom stereocenters. The van der Waals surface area contributed by atoms with Crippen LogP contribution in [0.1, 0.15) is 18.5 Å². The van der Waals surface area contributed by atoms with Crippen LogP contribution in [0, 0.1) is 5.92 Å². The molecule has 2 aromatic rings. The quantitative estimate of drug-likeness (QED) is 0.936. The Morgan fingerprint density at radius 3 is 3.18 bits per heavy atom. The van der Waals surface area contributed by atoms with E-state index in [1.54, 1.807) is 12.4 Å². The van der Waals surface area contributed by atoms with Crippen LogP contribution in [0.2, 0.25) is 0 Å². The second kappa shape index (κ2) is 6.98. The summed E-state index contributed by atoms with van der Waals surface area (Å²) in [7, 11) is 0. The molecule has 0 aliphatic carbocycles. The van der Waals surface area contributed by atoms with Crippen LogP contribution in [0.4, 0.5) is 0 Å². The number of rotatable bonds is 4. The lowest BCUT2D eigenvalue weighted by atomic mass is 9.99. The van der Waals surface area contributed by atoms with Crippen molar-refractivity contribution in [2.75, 3.05) is 19.7 Å². The van der Waals surface area contributed by atoms with Crippen LogP contribution in [0.5, 0.6) is 0 Å². The van der Waals surface area contributed by atoms with Gasteiger partial charge in [0, 0.05) is 43.0 Å². The average Bonchev–Trinajstić information content (AvgIpc) is 3.04. The Bertz CT molecular complexity index is 629. The number of aromatic nitrogens is 2. The summed E-state index contributed by atoms with van der Waals surface area (Å²) in [4.78, 5) is 22.9. The Kier molecular flexibility index (Phi) is 4.80. The van der Waals surface area contributed by atoms with E-state index in [1.807, 2.05) is 22.4 Å². The number of aliphatic hydroxyl groups excluding tert-OH is 1. The van der Waals surface area contributed by atoms with Crippen LogP contribution >= 0.6 is 11.3 Å². The molecular weight excluding hydrogens is 298 g/mol. The van der Waals surface area contributed by atoms with Gasteiger partial charge in [-0.2, -0.15) is 0 Å². The summed E-state index contributed by atoms with van der Waals surface area (Å²) < 4.78 is 0. The maximum Gasteiger partial charge on any atom is 0.228 e. The minimum Gasteiger partial charge on any atom is -0.396 e. The van der Waals surface area contributed by atoms with Crippen molar-refractivity contribution >= 4 is 17.2 Å². The van der Waals surface area contributed by atoms with Gasteiger partial charge in [0.1, 0.15) is 5.01 Å². The van der Waals surface area contributed by atoms with E-state index in [0.29, 0.717) is 13.0 Å². The zero-order chi connectivity index (χ0) is 15.4. The van der Waals surface area contributed by atoms with Gasteiger partial charge in [-0.3, -0.25) is 9.78 Å². The summed E-state index contributed by atoms with van der Waals surface area (Å²) >= 11 is 1.53. The van der Waals surface area contributed by atoms with Crippen LogP contribution in [-0.2, 0) is 11.2 Å². The Balaban J connectivity index is 1.64. The number of piperidine rings is 1. The van der Waals surface area contributed by atoms with Gasteiger partial charge < -0.3 is 10.0 Å². The Hall–Kier alpha value is -1.79. The summed E-state index contributed by atoms with van der Waals surface area (Å²) in [5, 5.41) is 12.1. The van der Waals surface area contributed by atoms with Crippen LogP contribution in [-0.4, -0.2) is 45.6 Å². The number of likely N-dealkylation sites (tertiary alicyclic amines) is 1. The highest BCUT2D eigenvalue weighted by Crippen LogP contribution is 2.23. The topological polar surface area (TPSA) is 66.3 Å². The van der Waals surface area contributed by atoms with Gasteiger partial charge in [0.2, 0.25) is 5.91 Å². The molecule has 1 aliphatic rings. The molecule has 1 N–H and O–H groups in total. The Morgan fingerprint density at radius 1 is 1.50 bits per heavy atom. The van der Waals surface area contributed by atoms with E-state index >= 15 is 0 Å². The van der Waals surface area contributed by atoms with Crippen molar-refractivity contribution in [3.8, 4) is 10.6 Å². The SMILES string of the molecule is O=C(Cc1csc(-c2cccnc2)n1)N1CCCC(CO)C1. The molecule has 0 radical (unpaired) electrons. The van der Waals surface area contributed by atoms with Crippen molar-refractivity contribution in [2.45, 2.75) is 19.3 Å². The Morgan fingerprint density at radius 2 is 2.41 bits per heavy atom. The van der Waals surface area contributed by atoms with E-state index in [2.05, 4.69) is 9.97 Å². The van der Waals surface area contributed by atoms with Crippen LogP contribution in [0.25, 0.3) is 10.6 Å². The molecule has 1 aliphatic heterocycles. The lowest BCUT2D eigenvalue weighted by Crippen LogP contribution is -2.41. The van der Waals surface area contributed by atoms with Crippen LogP contribution in [0.15, 0.2) is 29.9 Å². The lowest BCUT2D eigenvalue weighted by molar-refractivity contribution is -0.132. The highest BCUT2D eigenvalue weighted by molar-refractivity contribution is 7.13. The standard InChI is InChI=1S/C16H19N3O2S/c20-10-12-3-2-6-19(9-12)15(21)7-14-11-22-16(18-14)13-4-1-5-17-8-13/h1,4-5,8,11-12,20H,2-3,6-7,9-10H2. The molecule has 1 saturated heterocycles. The van der Waals surface area contributed by atoms with Crippen LogP contribution < -0.4 is 0 Å². The molecule has 116 valence electrons. The number of aliphatic hydroxyl groups is 1. The summed E-state index contributed by atoms with van der Waals surface area (Å²) in [6.07, 6.45) is 5.81. The minimum absolute atomic E-state index is 0.0983. The zero-order valence-electron chi connectivity index (χ0n) is 12.3. The van der Waals surface area contributed by atoms with E-state index < -0.39 is 0 Å². The van der Waals surface area contributed by atoms with E-state index in [1.165, 1.54) is 11.3 Å². The smallest absolute Gasteiger partial charge is 0.228 e. The summed E-state index contributed by atoms with van der Waals surface area (Å²) in [5.41, 5.74) is 1.78. The number of carbonyl (C=O) groups is 1. The van der Waals surface area contributed by atoms with Crippen molar-refractivity contribution in [3.63, 3.8) is 0 Å². The molecule has 1 amide bonds. The van der Waals surface area contributed by atoms with Gasteiger partial charge in [-0.15, -0.1) is 11.3 Å². The van der Waals surface area contributed by atoms with Crippen molar-refractivity contribution in [2.24, 2.45) is 5.92 Å². The summed E-state index contributed by atoms with van der Waals surface area (Å²) in [5.74, 6) is 0.320. The molecule has 3 heterocycles. The fourth-order valence-corrected chi connectivity index (χ4v) is 3.53. The molecule has 5 nitrogen and oxygen atoms in total. The van der Waals surface area contributed by atoms with Gasteiger partial charge in [0.25, 0.3) is 0 Å². The summed E-state index contributed by atoms with van der Waals surface area (Å²) in [6.45, 7) is 1.61. The van der Waals surface area contributed by atoms with Crippen molar-refractivity contribution in [3.05, 3.63) is 35.6 Å². The minimum atomic E-state index is 0.0983. The molecule has 0 bridgehead atoms. The number of nitrogens with zero attached hydrogens (tertiary/aromatic N) is 3. The van der Waals surface area contributed by atoms with Crippen molar-refractivity contribution in [1.82, 2.24) is 14.9 Å². The highest BCUT2D eigenvalue weighted by atomic mass is 32.1. The molecule has 6 heteroatoms. The average molecular weight is 317 g/mol. The number of thiazole rings is 1. The molecule has 1 atom stereocenters. The third kappa shape index (κ3) is 3.51. The van der Waals surface area contributed by atoms with E-state index in [9.17, 15) is 9.90 Å². The predicted octanol–water partition coefficient (Wildman–Crippen LogP) is 1.98. The monoisotopic (exact) mass is 317 g/mol. The second-order valence-electron chi connectivity index (χ2n) is 5.59. The van der Waals surface area contributed by atoms with Gasteiger partial charge in [0.05, 0.1) is 12.1 Å². The fourth-order valence-electron chi connectivity index (χ4n) is 2.72. The highest BCUT2D eigenvalue weighted by Gasteiger charge is 2.23. The lowest BCUT2D eigenvalue weighted by Gasteiger charge is -2.31. The van der Waals surface area contributed by atoms with Gasteiger partial charge in [-0.1, -0.05) is 0 Å². The molecular formula is C16H19N3O2S. The molecule has 1 fully saturated rings. The predicted molar refractivity (Wildman–Crippen MR) is 85.4 cm³/mol. The zero-order valence-corrected chi connectivity index (χ0v) is 13.1. The Labute approximate surface area is 133 Å². The van der Waals surface area contributed by atoms with Crippen molar-refractivity contribution in [1.29, 1.82) is 0 Å². The first kappa shape index (κ1) is 15.1. The number of carbonyl (C=O) groups excluding carboxylic acids is 1. The van der Waals surface area contributed by atoms with E-state index in [4.69, 9.17) is 0 Å². The molecule has 3 rings (SSSR count). The molecule has 0 aromatic carbocycles. The van der Waals surface area contributed by atoms with Crippen LogP contribution in [0.3, 0.4) is 0 Å². The first-order valence-electron chi connectivity index (χ1n) is 7.49. The second-order valence-corrected chi connectivity index (χ2v) is 6.45. The van der Waals surface area contributed by atoms with E-state index in [-0.39, 0.29) is 18.4 Å². The fraction of sp³-hybridized carbons (Fsp3) is 0.438. The van der Waals surface area contributed by atoms with E-state index in [0.717, 1.165) is 35.7 Å². The number of hydrogen-bond acceptors (Lipinski definition) is 5. The first-order chi connectivity index (χ1) is 10.8. The third-order valence-electron chi connectivity index (χ3n) is 3.92. The van der Waals surface area contributed by atoms with Gasteiger partial charge in [-0.05, 0) is 30.9 Å². The maximum atomic E-state index is 12.4. The number of amides is 1. The molecule has 22 heavy (non-hydrogen) atoms. The van der Waals surface area contributed by atoms with Gasteiger partial charge in [0.15, 0.2) is 0 Å². The van der Waals surface area contributed by atoms with Crippen molar-refractivity contribution < 1.29 is 9.90 Å². The first-order valence-corrected chi connectivity index (χ1v) is 8.37. The molecule has 0 spiro atoms. The third-order valence-corrected chi connectivity index (χ3v) is 4.86. The van der Waals surface area contributed by atoms with Gasteiger partial charge >= 0.3 is 0 Å². The number of hydrogen-bond donors (Lipinski definition) is 1. The molecule has 0 saturated carbocycles. The normalized spacial score (nSPS) is 18.4.